The first-order valence-electron chi connectivity index (χ1n) is 21.2. The van der Waals surface area contributed by atoms with Gasteiger partial charge in [-0.05, 0) is 23.8 Å². The lowest BCUT2D eigenvalue weighted by atomic mass is 10.1. The summed E-state index contributed by atoms with van der Waals surface area (Å²) in [4.78, 5) is 90.2. The van der Waals surface area contributed by atoms with Crippen molar-refractivity contribution in [2.75, 3.05) is 125 Å². The highest BCUT2D eigenvalue weighted by Gasteiger charge is 2.47. The number of nitrogens with zero attached hydrogens (tertiary/aromatic N) is 9. The molecule has 3 amide bonds. The van der Waals surface area contributed by atoms with Crippen LogP contribution in [0.15, 0.2) is 36.7 Å². The Morgan fingerprint density at radius 1 is 0.785 bits per heavy atom. The van der Waals surface area contributed by atoms with Crippen LogP contribution >= 0.6 is 0 Å². The molecule has 65 heavy (non-hydrogen) atoms. The Bertz CT molecular complexity index is 2060. The van der Waals surface area contributed by atoms with E-state index in [0.29, 0.717) is 70.2 Å². The number of hydrogen-bond donors (Lipinski definition) is 4. The highest BCUT2D eigenvalue weighted by atomic mass is 19.3. The highest BCUT2D eigenvalue weighted by Crippen LogP contribution is 2.31. The molecule has 22 heteroatoms. The lowest BCUT2D eigenvalue weighted by molar-refractivity contribution is -0.141. The van der Waals surface area contributed by atoms with E-state index >= 15 is 0 Å². The number of methoxy groups -OCH3 is 1. The molecule has 352 valence electrons. The standard InChI is InChI=1S/C43H56F2N10O10/c1-65-36-5-3-31(2-4-32-23-47-7-6-35(32)42(64)48-24-37(56)55-30-43(44,45)21-34(55)22-46)20-33(36)25-49-16-18-54(19-17-49)38(57)26-50-8-10-51(27-39(58)59)12-14-53(29-41(62)63)15-13-52(11-9-50)28-40(60)61/h2-7,20,23,34H,8-19,21,24-30H2,1H3,(H,48,64)(H,58,59)(H,60,61)(H,62,63)/b4-2+/t34-/m0/s1. The zero-order valence-corrected chi connectivity index (χ0v) is 36.3. The average Bonchev–Trinajstić information content (AvgIpc) is 3.59. The molecule has 1 atom stereocenters. The number of rotatable bonds is 16. The van der Waals surface area contributed by atoms with Gasteiger partial charge in [0.1, 0.15) is 11.8 Å². The Kier molecular flexibility index (Phi) is 18.2. The van der Waals surface area contributed by atoms with E-state index in [-0.39, 0.29) is 63.8 Å². The minimum absolute atomic E-state index is 0.0520. The monoisotopic (exact) mass is 910 g/mol. The van der Waals surface area contributed by atoms with Crippen molar-refractivity contribution in [1.82, 2.24) is 44.6 Å². The molecule has 0 radical (unpaired) electrons. The summed E-state index contributed by atoms with van der Waals surface area (Å²) in [5, 5.41) is 40.2. The van der Waals surface area contributed by atoms with Crippen LogP contribution < -0.4 is 10.1 Å². The number of carboxylic acid groups (broad SMARTS) is 3. The van der Waals surface area contributed by atoms with Crippen molar-refractivity contribution in [2.24, 2.45) is 0 Å². The SMILES string of the molecule is COc1ccc(/C=C/c2cnccc2C(=O)NCC(=O)N2CC(F)(F)C[C@H]2C#N)cc1CN1CCN(C(=O)CN2CCN(CC(=O)O)CCN(CC(=O)O)CCN(CC(=O)O)CC2)CC1. The second-order valence-electron chi connectivity index (χ2n) is 16.2. The van der Waals surface area contributed by atoms with Crippen LogP contribution in [0.25, 0.3) is 12.2 Å². The zero-order valence-electron chi connectivity index (χ0n) is 36.3. The molecule has 4 heterocycles. The number of benzene rings is 1. The van der Waals surface area contributed by atoms with Crippen molar-refractivity contribution < 1.29 is 57.6 Å². The molecule has 4 N–H and O–H groups in total. The molecule has 3 fully saturated rings. The maximum absolute atomic E-state index is 13.9. The van der Waals surface area contributed by atoms with Crippen molar-refractivity contribution in [1.29, 1.82) is 5.26 Å². The van der Waals surface area contributed by atoms with Crippen LogP contribution in [0.2, 0.25) is 0 Å². The Balaban J connectivity index is 1.17. The van der Waals surface area contributed by atoms with Gasteiger partial charge in [0.2, 0.25) is 11.8 Å². The number of aliphatic carboxylic acids is 3. The summed E-state index contributed by atoms with van der Waals surface area (Å²) in [5.41, 5.74) is 2.29. The largest absolute Gasteiger partial charge is 0.496 e. The Morgan fingerprint density at radius 3 is 1.85 bits per heavy atom. The predicted octanol–water partition coefficient (Wildman–Crippen LogP) is -0.130. The second-order valence-corrected chi connectivity index (χ2v) is 16.2. The quantitative estimate of drug-likeness (QED) is 0.171. The summed E-state index contributed by atoms with van der Waals surface area (Å²) in [6, 6.07) is 7.52. The summed E-state index contributed by atoms with van der Waals surface area (Å²) in [5.74, 6) is -7.14. The zero-order chi connectivity index (χ0) is 47.1. The molecular weight excluding hydrogens is 855 g/mol. The normalized spacial score (nSPS) is 19.8. The van der Waals surface area contributed by atoms with Gasteiger partial charge in [-0.1, -0.05) is 18.2 Å². The fourth-order valence-corrected chi connectivity index (χ4v) is 7.98. The molecule has 3 aliphatic heterocycles. The van der Waals surface area contributed by atoms with Crippen LogP contribution in [0.4, 0.5) is 8.78 Å². The first-order chi connectivity index (χ1) is 31.0. The summed E-state index contributed by atoms with van der Waals surface area (Å²) < 4.78 is 33.4. The third-order valence-corrected chi connectivity index (χ3v) is 11.5. The number of nitrogens with one attached hydrogen (secondary N) is 1. The van der Waals surface area contributed by atoms with Gasteiger partial charge in [-0.25, -0.2) is 8.78 Å². The Hall–Kier alpha value is -6.12. The van der Waals surface area contributed by atoms with Gasteiger partial charge in [0.25, 0.3) is 11.8 Å². The van der Waals surface area contributed by atoms with Gasteiger partial charge in [-0.2, -0.15) is 5.26 Å². The number of piperazine rings is 1. The second kappa shape index (κ2) is 23.7. The van der Waals surface area contributed by atoms with Crippen molar-refractivity contribution >= 4 is 47.8 Å². The van der Waals surface area contributed by atoms with E-state index < -0.39 is 61.2 Å². The van der Waals surface area contributed by atoms with Gasteiger partial charge in [-0.3, -0.25) is 58.3 Å². The Labute approximate surface area is 375 Å². The van der Waals surface area contributed by atoms with E-state index in [0.717, 1.165) is 16.0 Å². The molecule has 3 saturated heterocycles. The summed E-state index contributed by atoms with van der Waals surface area (Å²) >= 11 is 0. The van der Waals surface area contributed by atoms with Gasteiger partial charge in [0.05, 0.1) is 52.4 Å². The van der Waals surface area contributed by atoms with Crippen LogP contribution in [0, 0.1) is 11.3 Å². The molecule has 0 bridgehead atoms. The smallest absolute Gasteiger partial charge is 0.317 e. The summed E-state index contributed by atoms with van der Waals surface area (Å²) in [6.07, 6.45) is 5.61. The van der Waals surface area contributed by atoms with Crippen LogP contribution in [0.5, 0.6) is 5.75 Å². The molecule has 0 spiro atoms. The molecule has 20 nitrogen and oxygen atoms in total. The minimum Gasteiger partial charge on any atom is -0.496 e. The Morgan fingerprint density at radius 2 is 1.32 bits per heavy atom. The van der Waals surface area contributed by atoms with Crippen LogP contribution in [0.1, 0.15) is 33.5 Å². The molecule has 1 aromatic carbocycles. The van der Waals surface area contributed by atoms with Crippen LogP contribution in [-0.4, -0.2) is 227 Å². The van der Waals surface area contributed by atoms with Gasteiger partial charge < -0.3 is 35.2 Å². The molecule has 0 unspecified atom stereocenters. The average molecular weight is 911 g/mol. The number of nitriles is 1. The maximum atomic E-state index is 13.9. The molecule has 2 aromatic rings. The number of alkyl halides is 2. The van der Waals surface area contributed by atoms with Gasteiger partial charge >= 0.3 is 17.9 Å². The molecule has 0 aliphatic carbocycles. The topological polar surface area (TPSA) is 244 Å². The van der Waals surface area contributed by atoms with Crippen molar-refractivity contribution in [3.8, 4) is 11.8 Å². The lowest BCUT2D eigenvalue weighted by Gasteiger charge is -2.37. The number of hydrogen-bond acceptors (Lipinski definition) is 14. The number of carboxylic acids is 3. The number of carbonyl (C=O) groups excluding carboxylic acids is 3. The number of amides is 3. The molecular formula is C43H56F2N10O10. The maximum Gasteiger partial charge on any atom is 0.317 e. The van der Waals surface area contributed by atoms with E-state index in [1.807, 2.05) is 23.1 Å². The van der Waals surface area contributed by atoms with Crippen molar-refractivity contribution in [2.45, 2.75) is 24.9 Å². The molecule has 0 saturated carbocycles. The lowest BCUT2D eigenvalue weighted by Crippen LogP contribution is -2.53. The predicted molar refractivity (Wildman–Crippen MR) is 230 cm³/mol. The molecule has 3 aliphatic rings. The first-order valence-corrected chi connectivity index (χ1v) is 21.2. The molecule has 1 aromatic heterocycles. The number of carbonyl (C=O) groups is 6. The number of ether oxygens (including phenoxy) is 1. The third-order valence-electron chi connectivity index (χ3n) is 11.5. The fourth-order valence-electron chi connectivity index (χ4n) is 7.98. The van der Waals surface area contributed by atoms with Gasteiger partial charge in [-0.15, -0.1) is 0 Å². The van der Waals surface area contributed by atoms with E-state index in [2.05, 4.69) is 15.2 Å². The number of likely N-dealkylation sites (tertiary alicyclic amines) is 1. The summed E-state index contributed by atoms with van der Waals surface area (Å²) in [6.45, 7) is 2.77. The van der Waals surface area contributed by atoms with Crippen molar-refractivity contribution in [3.63, 3.8) is 0 Å². The first kappa shape index (κ1) is 49.9. The van der Waals surface area contributed by atoms with E-state index in [1.54, 1.807) is 44.9 Å². The molecule has 5 rings (SSSR count). The van der Waals surface area contributed by atoms with Gasteiger partial charge in [0, 0.05) is 121 Å². The van der Waals surface area contributed by atoms with Crippen LogP contribution in [-0.2, 0) is 30.5 Å². The number of halogens is 2. The summed E-state index contributed by atoms with van der Waals surface area (Å²) in [7, 11) is 1.57. The van der Waals surface area contributed by atoms with E-state index in [4.69, 9.17) is 4.74 Å². The van der Waals surface area contributed by atoms with Crippen molar-refractivity contribution in [3.05, 3.63) is 58.9 Å². The van der Waals surface area contributed by atoms with E-state index in [1.165, 1.54) is 18.5 Å². The third kappa shape index (κ3) is 15.5. The fraction of sp³-hybridized carbons (Fsp3) is 0.535. The number of aromatic nitrogens is 1. The highest BCUT2D eigenvalue weighted by molar-refractivity contribution is 6.00. The van der Waals surface area contributed by atoms with E-state index in [9.17, 15) is 58.1 Å². The van der Waals surface area contributed by atoms with Gasteiger partial charge in [0.15, 0.2) is 0 Å². The number of pyridine rings is 1. The van der Waals surface area contributed by atoms with Crippen LogP contribution in [0.3, 0.4) is 0 Å². The minimum atomic E-state index is -3.18.